The number of rotatable bonds is 4. The molecule has 2 aromatic rings. The van der Waals surface area contributed by atoms with Crippen LogP contribution in [-0.2, 0) is 4.79 Å². The minimum atomic E-state index is -0.928. The standard InChI is InChI=1S/C14H16BrN3O3/c1-8-6-10(15)7-18-12(9(2)16-13(8)18)14(21)17(3)5-4-11(19)20/h6-7H,4-5H2,1-3H3,(H,19,20). The Morgan fingerprint density at radius 1 is 1.43 bits per heavy atom. The van der Waals surface area contributed by atoms with Crippen LogP contribution in [0.4, 0.5) is 0 Å². The van der Waals surface area contributed by atoms with Gasteiger partial charge in [0.2, 0.25) is 0 Å². The Labute approximate surface area is 130 Å². The van der Waals surface area contributed by atoms with Gasteiger partial charge in [-0.3, -0.25) is 14.0 Å². The number of halogens is 1. The zero-order valence-corrected chi connectivity index (χ0v) is 13.6. The van der Waals surface area contributed by atoms with Gasteiger partial charge >= 0.3 is 5.97 Å². The first-order valence-electron chi connectivity index (χ1n) is 6.43. The SMILES string of the molecule is Cc1nc2c(C)cc(Br)cn2c1C(=O)N(C)CCC(=O)O. The summed E-state index contributed by atoms with van der Waals surface area (Å²) in [5.41, 5.74) is 2.77. The molecule has 0 fully saturated rings. The van der Waals surface area contributed by atoms with Crippen molar-refractivity contribution in [2.75, 3.05) is 13.6 Å². The fourth-order valence-electron chi connectivity index (χ4n) is 2.19. The zero-order chi connectivity index (χ0) is 15.7. The summed E-state index contributed by atoms with van der Waals surface area (Å²) < 4.78 is 2.60. The molecule has 0 aliphatic heterocycles. The average Bonchev–Trinajstić information content (AvgIpc) is 2.71. The van der Waals surface area contributed by atoms with Gasteiger partial charge in [0.15, 0.2) is 0 Å². The molecular weight excluding hydrogens is 338 g/mol. The number of amides is 1. The van der Waals surface area contributed by atoms with E-state index < -0.39 is 5.97 Å². The number of carbonyl (C=O) groups excluding carboxylic acids is 1. The van der Waals surface area contributed by atoms with Crippen molar-refractivity contribution in [1.82, 2.24) is 14.3 Å². The lowest BCUT2D eigenvalue weighted by atomic mass is 10.3. The highest BCUT2D eigenvalue weighted by atomic mass is 79.9. The smallest absolute Gasteiger partial charge is 0.305 e. The molecule has 1 amide bonds. The normalized spacial score (nSPS) is 10.9. The third-order valence-electron chi connectivity index (χ3n) is 3.26. The van der Waals surface area contributed by atoms with Gasteiger partial charge in [0.1, 0.15) is 11.3 Å². The number of hydrogen-bond acceptors (Lipinski definition) is 3. The Balaban J connectivity index is 2.43. The van der Waals surface area contributed by atoms with Crippen molar-refractivity contribution in [1.29, 1.82) is 0 Å². The lowest BCUT2D eigenvalue weighted by Crippen LogP contribution is -2.30. The van der Waals surface area contributed by atoms with Crippen LogP contribution in [0.2, 0.25) is 0 Å². The molecule has 0 bridgehead atoms. The summed E-state index contributed by atoms with van der Waals surface area (Å²) >= 11 is 3.41. The molecule has 2 rings (SSSR count). The molecule has 0 aliphatic rings. The first-order chi connectivity index (χ1) is 9.81. The highest BCUT2D eigenvalue weighted by Gasteiger charge is 2.21. The number of aromatic nitrogens is 2. The quantitative estimate of drug-likeness (QED) is 0.914. The second-order valence-corrected chi connectivity index (χ2v) is 5.87. The number of carboxylic acids is 1. The largest absolute Gasteiger partial charge is 0.481 e. The van der Waals surface area contributed by atoms with E-state index in [0.717, 1.165) is 15.7 Å². The van der Waals surface area contributed by atoms with Gasteiger partial charge in [-0.15, -0.1) is 0 Å². The molecule has 0 saturated heterocycles. The molecule has 1 N–H and O–H groups in total. The van der Waals surface area contributed by atoms with E-state index in [1.165, 1.54) is 4.90 Å². The Morgan fingerprint density at radius 2 is 2.10 bits per heavy atom. The van der Waals surface area contributed by atoms with Crippen molar-refractivity contribution in [3.8, 4) is 0 Å². The van der Waals surface area contributed by atoms with Crippen molar-refractivity contribution in [3.63, 3.8) is 0 Å². The molecule has 2 aromatic heterocycles. The number of fused-ring (bicyclic) bond motifs is 1. The number of carboxylic acid groups (broad SMARTS) is 1. The van der Waals surface area contributed by atoms with Gasteiger partial charge in [-0.2, -0.15) is 0 Å². The van der Waals surface area contributed by atoms with E-state index in [4.69, 9.17) is 5.11 Å². The molecule has 7 heteroatoms. The van der Waals surface area contributed by atoms with E-state index in [1.54, 1.807) is 24.6 Å². The molecule has 0 aliphatic carbocycles. The maximum atomic E-state index is 12.5. The van der Waals surface area contributed by atoms with Crippen molar-refractivity contribution < 1.29 is 14.7 Å². The first kappa shape index (κ1) is 15.5. The zero-order valence-electron chi connectivity index (χ0n) is 12.1. The molecule has 0 aromatic carbocycles. The maximum Gasteiger partial charge on any atom is 0.305 e. The van der Waals surface area contributed by atoms with Gasteiger partial charge in [-0.05, 0) is 41.4 Å². The number of aliphatic carboxylic acids is 1. The summed E-state index contributed by atoms with van der Waals surface area (Å²) in [7, 11) is 1.59. The summed E-state index contributed by atoms with van der Waals surface area (Å²) in [6.45, 7) is 3.86. The number of nitrogens with zero attached hydrogens (tertiary/aromatic N) is 3. The molecule has 0 atom stereocenters. The summed E-state index contributed by atoms with van der Waals surface area (Å²) in [5, 5.41) is 8.71. The van der Waals surface area contributed by atoms with Crippen LogP contribution in [0.25, 0.3) is 5.65 Å². The number of carbonyl (C=O) groups is 2. The molecule has 0 unspecified atom stereocenters. The number of aryl methyl sites for hydroxylation is 2. The highest BCUT2D eigenvalue weighted by molar-refractivity contribution is 9.10. The van der Waals surface area contributed by atoms with Crippen molar-refractivity contribution in [2.45, 2.75) is 20.3 Å². The van der Waals surface area contributed by atoms with Crippen LogP contribution in [0.5, 0.6) is 0 Å². The summed E-state index contributed by atoms with van der Waals surface area (Å²) in [5.74, 6) is -1.16. The minimum absolute atomic E-state index is 0.0826. The Morgan fingerprint density at radius 3 is 2.71 bits per heavy atom. The van der Waals surface area contributed by atoms with Crippen molar-refractivity contribution in [3.05, 3.63) is 33.7 Å². The van der Waals surface area contributed by atoms with Crippen LogP contribution in [0.1, 0.15) is 28.2 Å². The van der Waals surface area contributed by atoms with Crippen molar-refractivity contribution >= 4 is 33.5 Å². The second-order valence-electron chi connectivity index (χ2n) is 4.95. The van der Waals surface area contributed by atoms with Gasteiger partial charge in [0.25, 0.3) is 5.91 Å². The van der Waals surface area contributed by atoms with Crippen LogP contribution in [0.3, 0.4) is 0 Å². The lowest BCUT2D eigenvalue weighted by molar-refractivity contribution is -0.137. The number of hydrogen-bond donors (Lipinski definition) is 1. The van der Waals surface area contributed by atoms with Gasteiger partial charge in [0, 0.05) is 24.3 Å². The van der Waals surface area contributed by atoms with E-state index in [2.05, 4.69) is 20.9 Å². The minimum Gasteiger partial charge on any atom is -0.481 e. The Hall–Kier alpha value is -1.89. The fourth-order valence-corrected chi connectivity index (χ4v) is 2.73. The summed E-state index contributed by atoms with van der Waals surface area (Å²) in [6.07, 6.45) is 1.71. The molecule has 2 heterocycles. The molecule has 6 nitrogen and oxygen atoms in total. The van der Waals surface area contributed by atoms with E-state index in [1.807, 2.05) is 13.0 Å². The van der Waals surface area contributed by atoms with E-state index >= 15 is 0 Å². The monoisotopic (exact) mass is 353 g/mol. The van der Waals surface area contributed by atoms with Crippen LogP contribution in [0.15, 0.2) is 16.7 Å². The third kappa shape index (κ3) is 3.07. The van der Waals surface area contributed by atoms with Gasteiger partial charge < -0.3 is 10.0 Å². The molecule has 21 heavy (non-hydrogen) atoms. The van der Waals surface area contributed by atoms with Crippen LogP contribution < -0.4 is 0 Å². The van der Waals surface area contributed by atoms with Crippen LogP contribution >= 0.6 is 15.9 Å². The second kappa shape index (κ2) is 5.85. The van der Waals surface area contributed by atoms with Gasteiger partial charge in [0.05, 0.1) is 12.1 Å². The number of pyridine rings is 1. The van der Waals surface area contributed by atoms with E-state index in [-0.39, 0.29) is 18.9 Å². The predicted molar refractivity (Wildman–Crippen MR) is 81.6 cm³/mol. The fraction of sp³-hybridized carbons (Fsp3) is 0.357. The summed E-state index contributed by atoms with van der Waals surface area (Å²) in [4.78, 5) is 29.0. The van der Waals surface area contributed by atoms with Gasteiger partial charge in [-0.25, -0.2) is 4.98 Å². The molecular formula is C14H16BrN3O3. The maximum absolute atomic E-state index is 12.5. The third-order valence-corrected chi connectivity index (χ3v) is 3.69. The Kier molecular flexibility index (Phi) is 4.32. The average molecular weight is 354 g/mol. The number of imidazole rings is 1. The van der Waals surface area contributed by atoms with Gasteiger partial charge in [-0.1, -0.05) is 0 Å². The predicted octanol–water partition coefficient (Wildman–Crippen LogP) is 2.26. The summed E-state index contributed by atoms with van der Waals surface area (Å²) in [6, 6.07) is 1.93. The van der Waals surface area contributed by atoms with E-state index in [9.17, 15) is 9.59 Å². The molecule has 112 valence electrons. The highest BCUT2D eigenvalue weighted by Crippen LogP contribution is 2.21. The van der Waals surface area contributed by atoms with Crippen LogP contribution in [0, 0.1) is 13.8 Å². The van der Waals surface area contributed by atoms with Crippen molar-refractivity contribution in [2.24, 2.45) is 0 Å². The lowest BCUT2D eigenvalue weighted by Gasteiger charge is -2.16. The molecule has 0 saturated carbocycles. The first-order valence-corrected chi connectivity index (χ1v) is 7.22. The topological polar surface area (TPSA) is 74.9 Å². The van der Waals surface area contributed by atoms with Crippen LogP contribution in [-0.4, -0.2) is 44.9 Å². The molecule has 0 spiro atoms. The van der Waals surface area contributed by atoms with E-state index in [0.29, 0.717) is 11.4 Å². The Bertz CT molecular complexity index is 724. The molecule has 0 radical (unpaired) electrons.